The number of hydrogen-bond acceptors (Lipinski definition) is 5. The number of nitriles is 1. The molecule has 0 aliphatic heterocycles. The Morgan fingerprint density at radius 1 is 1.42 bits per heavy atom. The van der Waals surface area contributed by atoms with E-state index >= 15 is 0 Å². The van der Waals surface area contributed by atoms with Crippen molar-refractivity contribution in [1.29, 1.82) is 5.26 Å². The molecule has 1 aromatic carbocycles. The van der Waals surface area contributed by atoms with Gasteiger partial charge >= 0.3 is 5.97 Å². The van der Waals surface area contributed by atoms with E-state index in [0.29, 0.717) is 6.42 Å². The third kappa shape index (κ3) is 4.35. The summed E-state index contributed by atoms with van der Waals surface area (Å²) >= 11 is 0. The first-order valence-electron chi connectivity index (χ1n) is 5.57. The fourth-order valence-corrected chi connectivity index (χ4v) is 2.64. The Balaban J connectivity index is 2.67. The number of hydrogen-bond donors (Lipinski definition) is 1. The number of ether oxygens (including phenoxy) is 1. The van der Waals surface area contributed by atoms with Crippen LogP contribution in [0, 0.1) is 11.3 Å². The molecule has 0 bridgehead atoms. The molecular weight excluding hydrogens is 268 g/mol. The first-order chi connectivity index (χ1) is 9.01. The van der Waals surface area contributed by atoms with Crippen molar-refractivity contribution in [1.82, 2.24) is 4.72 Å². The van der Waals surface area contributed by atoms with Crippen molar-refractivity contribution in [3.8, 4) is 6.07 Å². The summed E-state index contributed by atoms with van der Waals surface area (Å²) in [5.74, 6) is -0.392. The molecule has 6 nitrogen and oxygen atoms in total. The normalized spacial score (nSPS) is 10.7. The Bertz CT molecular complexity index is 590. The van der Waals surface area contributed by atoms with E-state index < -0.39 is 16.0 Å². The maximum Gasteiger partial charge on any atom is 0.305 e. The summed E-state index contributed by atoms with van der Waals surface area (Å²) < 4.78 is 30.7. The van der Waals surface area contributed by atoms with Crippen LogP contribution in [0.3, 0.4) is 0 Å². The third-order valence-electron chi connectivity index (χ3n) is 2.37. The van der Waals surface area contributed by atoms with Gasteiger partial charge in [0.25, 0.3) is 0 Å². The molecule has 1 N–H and O–H groups in total. The number of rotatable bonds is 6. The SMILES string of the molecule is COC(=O)CCCNS(=O)(=O)c1ccccc1C#N. The minimum absolute atomic E-state index is 0.0597. The quantitative estimate of drug-likeness (QED) is 0.614. The maximum atomic E-state index is 11.9. The molecule has 0 fully saturated rings. The predicted molar refractivity (Wildman–Crippen MR) is 67.6 cm³/mol. The number of nitrogens with zero attached hydrogens (tertiary/aromatic N) is 1. The number of carbonyl (C=O) groups is 1. The number of benzene rings is 1. The molecule has 7 heteroatoms. The van der Waals surface area contributed by atoms with E-state index in [2.05, 4.69) is 9.46 Å². The van der Waals surface area contributed by atoms with Crippen LogP contribution in [0.15, 0.2) is 29.2 Å². The van der Waals surface area contributed by atoms with Crippen molar-refractivity contribution in [2.75, 3.05) is 13.7 Å². The first kappa shape index (κ1) is 15.1. The van der Waals surface area contributed by atoms with Crippen LogP contribution in [0.4, 0.5) is 0 Å². The zero-order valence-corrected chi connectivity index (χ0v) is 11.2. The van der Waals surface area contributed by atoms with E-state index in [0.717, 1.165) is 0 Å². The van der Waals surface area contributed by atoms with Gasteiger partial charge in [-0.3, -0.25) is 4.79 Å². The average molecular weight is 282 g/mol. The van der Waals surface area contributed by atoms with Gasteiger partial charge in [-0.25, -0.2) is 13.1 Å². The fraction of sp³-hybridized carbons (Fsp3) is 0.333. The van der Waals surface area contributed by atoms with Crippen molar-refractivity contribution in [2.45, 2.75) is 17.7 Å². The van der Waals surface area contributed by atoms with Gasteiger partial charge in [0.05, 0.1) is 17.6 Å². The van der Waals surface area contributed by atoms with E-state index in [1.165, 1.54) is 19.2 Å². The summed E-state index contributed by atoms with van der Waals surface area (Å²) in [7, 11) is -2.46. The predicted octanol–water partition coefficient (Wildman–Crippen LogP) is 0.790. The van der Waals surface area contributed by atoms with Crippen LogP contribution in [-0.2, 0) is 19.6 Å². The average Bonchev–Trinajstić information content (AvgIpc) is 2.43. The minimum Gasteiger partial charge on any atom is -0.469 e. The Hall–Kier alpha value is -1.91. The van der Waals surface area contributed by atoms with Crippen LogP contribution < -0.4 is 4.72 Å². The summed E-state index contributed by atoms with van der Waals surface area (Å²) in [6, 6.07) is 7.76. The van der Waals surface area contributed by atoms with Crippen LogP contribution >= 0.6 is 0 Å². The molecule has 1 rings (SSSR count). The van der Waals surface area contributed by atoms with Gasteiger partial charge in [-0.2, -0.15) is 5.26 Å². The highest BCUT2D eigenvalue weighted by Gasteiger charge is 2.17. The number of esters is 1. The molecular formula is C12H14N2O4S. The van der Waals surface area contributed by atoms with Gasteiger partial charge in [-0.1, -0.05) is 12.1 Å². The lowest BCUT2D eigenvalue weighted by atomic mass is 10.2. The second kappa shape index (κ2) is 6.87. The monoisotopic (exact) mass is 282 g/mol. The lowest BCUT2D eigenvalue weighted by Gasteiger charge is -2.07. The topological polar surface area (TPSA) is 96.3 Å². The zero-order chi connectivity index (χ0) is 14.3. The molecule has 0 heterocycles. The van der Waals surface area contributed by atoms with Crippen molar-refractivity contribution in [2.24, 2.45) is 0 Å². The van der Waals surface area contributed by atoms with Gasteiger partial charge in [-0.05, 0) is 18.6 Å². The number of methoxy groups -OCH3 is 1. The van der Waals surface area contributed by atoms with E-state index in [1.54, 1.807) is 12.1 Å². The summed E-state index contributed by atoms with van der Waals surface area (Å²) in [6.07, 6.45) is 0.472. The molecule has 0 saturated heterocycles. The lowest BCUT2D eigenvalue weighted by Crippen LogP contribution is -2.26. The largest absolute Gasteiger partial charge is 0.469 e. The molecule has 0 amide bonds. The van der Waals surface area contributed by atoms with E-state index in [4.69, 9.17) is 5.26 Å². The lowest BCUT2D eigenvalue weighted by molar-refractivity contribution is -0.140. The Morgan fingerprint density at radius 2 is 2.11 bits per heavy atom. The molecule has 0 spiro atoms. The molecule has 0 saturated carbocycles. The highest BCUT2D eigenvalue weighted by atomic mass is 32.2. The van der Waals surface area contributed by atoms with Gasteiger partial charge in [0.15, 0.2) is 0 Å². The number of sulfonamides is 1. The van der Waals surface area contributed by atoms with Gasteiger partial charge in [-0.15, -0.1) is 0 Å². The van der Waals surface area contributed by atoms with Crippen molar-refractivity contribution in [3.05, 3.63) is 29.8 Å². The van der Waals surface area contributed by atoms with Crippen molar-refractivity contribution >= 4 is 16.0 Å². The van der Waals surface area contributed by atoms with Crippen LogP contribution in [0.25, 0.3) is 0 Å². The van der Waals surface area contributed by atoms with E-state index in [1.807, 2.05) is 6.07 Å². The Kier molecular flexibility index (Phi) is 5.48. The molecule has 0 atom stereocenters. The second-order valence-electron chi connectivity index (χ2n) is 3.69. The van der Waals surface area contributed by atoms with E-state index in [-0.39, 0.29) is 23.4 Å². The summed E-state index contributed by atoms with van der Waals surface area (Å²) in [5.41, 5.74) is 0.0861. The summed E-state index contributed by atoms with van der Waals surface area (Å²) in [4.78, 5) is 10.8. The minimum atomic E-state index is -3.73. The first-order valence-corrected chi connectivity index (χ1v) is 7.05. The number of carbonyl (C=O) groups excluding carboxylic acids is 1. The number of nitrogens with one attached hydrogen (secondary N) is 1. The van der Waals surface area contributed by atoms with Crippen LogP contribution in [0.1, 0.15) is 18.4 Å². The van der Waals surface area contributed by atoms with Crippen LogP contribution in [0.2, 0.25) is 0 Å². The van der Waals surface area contributed by atoms with Gasteiger partial charge in [0, 0.05) is 13.0 Å². The van der Waals surface area contributed by atoms with E-state index in [9.17, 15) is 13.2 Å². The maximum absolute atomic E-state index is 11.9. The van der Waals surface area contributed by atoms with Crippen LogP contribution in [-0.4, -0.2) is 28.0 Å². The fourth-order valence-electron chi connectivity index (χ4n) is 1.41. The molecule has 0 unspecified atom stereocenters. The van der Waals surface area contributed by atoms with Crippen molar-refractivity contribution < 1.29 is 17.9 Å². The standard InChI is InChI=1S/C12H14N2O4S/c1-18-12(15)7-4-8-14-19(16,17)11-6-3-2-5-10(11)9-13/h2-3,5-6,14H,4,7-8H2,1H3. The zero-order valence-electron chi connectivity index (χ0n) is 10.4. The molecule has 0 aromatic heterocycles. The Labute approximate surface area is 112 Å². The summed E-state index contributed by atoms with van der Waals surface area (Å²) in [6.45, 7) is 0.108. The molecule has 0 aliphatic carbocycles. The highest BCUT2D eigenvalue weighted by molar-refractivity contribution is 7.89. The molecule has 102 valence electrons. The molecule has 19 heavy (non-hydrogen) atoms. The van der Waals surface area contributed by atoms with Gasteiger partial charge in [0.2, 0.25) is 10.0 Å². The van der Waals surface area contributed by atoms with Gasteiger partial charge in [0.1, 0.15) is 6.07 Å². The third-order valence-corrected chi connectivity index (χ3v) is 3.89. The van der Waals surface area contributed by atoms with Crippen LogP contribution in [0.5, 0.6) is 0 Å². The van der Waals surface area contributed by atoms with Gasteiger partial charge < -0.3 is 4.74 Å². The Morgan fingerprint density at radius 3 is 2.74 bits per heavy atom. The summed E-state index contributed by atoms with van der Waals surface area (Å²) in [5, 5.41) is 8.85. The highest BCUT2D eigenvalue weighted by Crippen LogP contribution is 2.13. The van der Waals surface area contributed by atoms with Crippen molar-refractivity contribution in [3.63, 3.8) is 0 Å². The second-order valence-corrected chi connectivity index (χ2v) is 5.42. The molecule has 0 aliphatic rings. The molecule has 0 radical (unpaired) electrons. The molecule has 1 aromatic rings. The smallest absolute Gasteiger partial charge is 0.305 e.